The summed E-state index contributed by atoms with van der Waals surface area (Å²) in [7, 11) is 3.12. The Balaban J connectivity index is 2.15. The van der Waals surface area contributed by atoms with Gasteiger partial charge in [0.15, 0.2) is 0 Å². The number of benzene rings is 1. The highest BCUT2D eigenvalue weighted by molar-refractivity contribution is 14.2. The molecule has 0 heterocycles. The van der Waals surface area contributed by atoms with Gasteiger partial charge in [-0.05, 0) is 36.5 Å². The number of para-hydroxylation sites is 1. The lowest BCUT2D eigenvalue weighted by molar-refractivity contribution is 0.388. The predicted octanol–water partition coefficient (Wildman–Crippen LogP) is 4.86. The van der Waals surface area contributed by atoms with E-state index in [2.05, 4.69) is 39.4 Å². The molecule has 0 bridgehead atoms. The smallest absolute Gasteiger partial charge is 0.127 e. The van der Waals surface area contributed by atoms with E-state index in [1.807, 2.05) is 12.1 Å². The molecule has 0 aromatic heterocycles. The maximum absolute atomic E-state index is 5.53. The van der Waals surface area contributed by atoms with Gasteiger partial charge in [-0.3, -0.25) is 0 Å². The number of hydrogen-bond acceptors (Lipinski definition) is 3. The highest BCUT2D eigenvalue weighted by atomic mass is 127. The first-order chi connectivity index (χ1) is 8.35. The topological polar surface area (TPSA) is 18.5 Å². The summed E-state index contributed by atoms with van der Waals surface area (Å²) in [5, 5.41) is 0. The molecule has 0 spiro atoms. The highest BCUT2D eigenvalue weighted by Crippen LogP contribution is 2.39. The molecule has 1 atom stereocenters. The van der Waals surface area contributed by atoms with E-state index in [1.54, 1.807) is 7.11 Å². The molecule has 0 amide bonds. The largest absolute Gasteiger partial charge is 0.496 e. The van der Waals surface area contributed by atoms with E-state index in [9.17, 15) is 0 Å². The Morgan fingerprint density at radius 2 is 2.18 bits per heavy atom. The van der Waals surface area contributed by atoms with Crippen LogP contribution < -0.4 is 4.74 Å². The number of halogens is 1. The SMILES string of the molecule is COc1ccccc1C1CCC=C(OSI)C1. The van der Waals surface area contributed by atoms with E-state index >= 15 is 0 Å². The van der Waals surface area contributed by atoms with Gasteiger partial charge in [0.1, 0.15) is 20.7 Å². The quantitative estimate of drug-likeness (QED) is 0.563. The van der Waals surface area contributed by atoms with Crippen LogP contribution in [0.2, 0.25) is 0 Å². The molecule has 2 rings (SSSR count). The summed E-state index contributed by atoms with van der Waals surface area (Å²) < 4.78 is 11.0. The molecule has 0 saturated carbocycles. The lowest BCUT2D eigenvalue weighted by atomic mass is 9.86. The summed E-state index contributed by atoms with van der Waals surface area (Å²) in [4.78, 5) is 0. The monoisotopic (exact) mass is 362 g/mol. The third-order valence-electron chi connectivity index (χ3n) is 3.05. The molecule has 1 aromatic rings. The maximum Gasteiger partial charge on any atom is 0.127 e. The van der Waals surface area contributed by atoms with Crippen LogP contribution in [0, 0.1) is 0 Å². The number of rotatable bonds is 4. The molecule has 92 valence electrons. The van der Waals surface area contributed by atoms with Gasteiger partial charge >= 0.3 is 0 Å². The summed E-state index contributed by atoms with van der Waals surface area (Å²) in [5.41, 5.74) is 1.29. The summed E-state index contributed by atoms with van der Waals surface area (Å²) in [6.45, 7) is 0. The number of ether oxygens (including phenoxy) is 1. The van der Waals surface area contributed by atoms with Crippen LogP contribution in [0.25, 0.3) is 0 Å². The zero-order chi connectivity index (χ0) is 12.1. The zero-order valence-electron chi connectivity index (χ0n) is 9.69. The average molecular weight is 362 g/mol. The minimum Gasteiger partial charge on any atom is -0.496 e. The molecule has 1 aromatic carbocycles. The molecule has 1 unspecified atom stereocenters. The Morgan fingerprint density at radius 1 is 1.35 bits per heavy atom. The molecular formula is C13H15IO2S. The first kappa shape index (κ1) is 13.1. The van der Waals surface area contributed by atoms with E-state index in [-0.39, 0.29) is 0 Å². The van der Waals surface area contributed by atoms with Crippen molar-refractivity contribution in [1.29, 1.82) is 0 Å². The number of methoxy groups -OCH3 is 1. The van der Waals surface area contributed by atoms with Crippen molar-refractivity contribution in [2.24, 2.45) is 0 Å². The summed E-state index contributed by atoms with van der Waals surface area (Å²) in [6.07, 6.45) is 5.41. The third-order valence-corrected chi connectivity index (χ3v) is 3.87. The van der Waals surface area contributed by atoms with Crippen LogP contribution in [0.1, 0.15) is 30.7 Å². The van der Waals surface area contributed by atoms with Crippen LogP contribution in [-0.2, 0) is 4.18 Å². The first-order valence-electron chi connectivity index (χ1n) is 5.62. The molecule has 0 aliphatic heterocycles. The van der Waals surface area contributed by atoms with Crippen molar-refractivity contribution < 1.29 is 8.92 Å². The van der Waals surface area contributed by atoms with Crippen LogP contribution >= 0.6 is 30.4 Å². The van der Waals surface area contributed by atoms with E-state index in [1.165, 1.54) is 21.2 Å². The molecule has 2 nitrogen and oxygen atoms in total. The van der Waals surface area contributed by atoms with Gasteiger partial charge in [-0.15, -0.1) is 0 Å². The first-order valence-corrected chi connectivity index (χ1v) is 8.90. The van der Waals surface area contributed by atoms with E-state index in [0.29, 0.717) is 5.92 Å². The van der Waals surface area contributed by atoms with Crippen molar-refractivity contribution in [1.82, 2.24) is 0 Å². The second-order valence-electron chi connectivity index (χ2n) is 4.04. The lowest BCUT2D eigenvalue weighted by Gasteiger charge is -2.23. The fourth-order valence-electron chi connectivity index (χ4n) is 2.25. The van der Waals surface area contributed by atoms with Gasteiger partial charge in [0, 0.05) is 27.6 Å². The van der Waals surface area contributed by atoms with Gasteiger partial charge in [0.25, 0.3) is 0 Å². The molecule has 0 radical (unpaired) electrons. The maximum atomic E-state index is 5.53. The second kappa shape index (κ2) is 6.54. The van der Waals surface area contributed by atoms with Crippen molar-refractivity contribution in [3.63, 3.8) is 0 Å². The Kier molecular flexibility index (Phi) is 5.03. The lowest BCUT2D eigenvalue weighted by Crippen LogP contribution is -2.07. The summed E-state index contributed by atoms with van der Waals surface area (Å²) >= 11 is 2.15. The van der Waals surface area contributed by atoms with Crippen LogP contribution in [0.5, 0.6) is 5.75 Å². The Bertz CT molecular complexity index is 406. The summed E-state index contributed by atoms with van der Waals surface area (Å²) in [6, 6.07) is 8.27. The molecule has 0 saturated heterocycles. The van der Waals surface area contributed by atoms with Crippen LogP contribution in [0.4, 0.5) is 0 Å². The fraction of sp³-hybridized carbons (Fsp3) is 0.385. The predicted molar refractivity (Wildman–Crippen MR) is 80.4 cm³/mol. The molecule has 0 N–H and O–H groups in total. The Morgan fingerprint density at radius 3 is 2.94 bits per heavy atom. The van der Waals surface area contributed by atoms with Crippen molar-refractivity contribution in [2.75, 3.05) is 7.11 Å². The molecule has 17 heavy (non-hydrogen) atoms. The standard InChI is InChI=1S/C13H15IO2S/c1-15-13-8-3-2-7-12(13)10-5-4-6-11(9-10)16-17-14/h2-3,6-8,10H,4-5,9H2,1H3. The van der Waals surface area contributed by atoms with Gasteiger partial charge < -0.3 is 8.92 Å². The molecule has 1 aliphatic carbocycles. The van der Waals surface area contributed by atoms with E-state index in [4.69, 9.17) is 8.92 Å². The summed E-state index contributed by atoms with van der Waals surface area (Å²) in [5.74, 6) is 2.59. The van der Waals surface area contributed by atoms with E-state index in [0.717, 1.165) is 24.4 Å². The van der Waals surface area contributed by atoms with Gasteiger partial charge in [-0.2, -0.15) is 0 Å². The van der Waals surface area contributed by atoms with Gasteiger partial charge in [0.05, 0.1) is 7.11 Å². The molecule has 4 heteroatoms. The van der Waals surface area contributed by atoms with Gasteiger partial charge in [-0.1, -0.05) is 18.2 Å². The van der Waals surface area contributed by atoms with Crippen LogP contribution in [0.3, 0.4) is 0 Å². The molecular weight excluding hydrogens is 347 g/mol. The Labute approximate surface area is 119 Å². The van der Waals surface area contributed by atoms with Gasteiger partial charge in [0.2, 0.25) is 0 Å². The van der Waals surface area contributed by atoms with Crippen molar-refractivity contribution in [3.05, 3.63) is 41.7 Å². The second-order valence-corrected chi connectivity index (χ2v) is 5.41. The highest BCUT2D eigenvalue weighted by Gasteiger charge is 2.21. The van der Waals surface area contributed by atoms with Crippen molar-refractivity contribution in [2.45, 2.75) is 25.2 Å². The van der Waals surface area contributed by atoms with Crippen molar-refractivity contribution >= 4 is 30.4 Å². The van der Waals surface area contributed by atoms with Crippen LogP contribution in [-0.4, -0.2) is 7.11 Å². The normalized spacial score (nSPS) is 19.6. The minimum absolute atomic E-state index is 0.509. The minimum atomic E-state index is 0.509. The van der Waals surface area contributed by atoms with Crippen LogP contribution in [0.15, 0.2) is 36.1 Å². The fourth-order valence-corrected chi connectivity index (χ4v) is 3.16. The van der Waals surface area contributed by atoms with E-state index < -0.39 is 0 Å². The molecule has 0 fully saturated rings. The number of hydrogen-bond donors (Lipinski definition) is 0. The average Bonchev–Trinajstić information content (AvgIpc) is 2.39. The zero-order valence-corrected chi connectivity index (χ0v) is 12.7. The molecule has 1 aliphatic rings. The van der Waals surface area contributed by atoms with Gasteiger partial charge in [-0.25, -0.2) is 0 Å². The third kappa shape index (κ3) is 3.31. The Hall–Kier alpha value is -0.360. The number of allylic oxidation sites excluding steroid dienone is 2. The van der Waals surface area contributed by atoms with Crippen molar-refractivity contribution in [3.8, 4) is 5.75 Å².